The Morgan fingerprint density at radius 1 is 1.50 bits per heavy atom. The van der Waals surface area contributed by atoms with E-state index in [0.717, 1.165) is 25.0 Å². The molecule has 2 aliphatic heterocycles. The van der Waals surface area contributed by atoms with Gasteiger partial charge in [-0.1, -0.05) is 6.42 Å². The third-order valence-electron chi connectivity index (χ3n) is 3.34. The van der Waals surface area contributed by atoms with E-state index >= 15 is 0 Å². The van der Waals surface area contributed by atoms with Crippen molar-refractivity contribution in [2.24, 2.45) is 5.92 Å². The summed E-state index contributed by atoms with van der Waals surface area (Å²) in [7, 11) is 0. The normalized spacial score (nSPS) is 32.5. The van der Waals surface area contributed by atoms with E-state index in [1.807, 2.05) is 11.8 Å². The molecule has 0 aromatic heterocycles. The van der Waals surface area contributed by atoms with Gasteiger partial charge in [-0.15, -0.1) is 0 Å². The molecule has 0 bridgehead atoms. The van der Waals surface area contributed by atoms with Crippen molar-refractivity contribution in [3.05, 3.63) is 0 Å². The number of hydrogen-bond donors (Lipinski definition) is 2. The minimum Gasteiger partial charge on any atom is -0.481 e. The van der Waals surface area contributed by atoms with Crippen LogP contribution < -0.4 is 5.32 Å². The quantitative estimate of drug-likeness (QED) is 0.713. The highest BCUT2D eigenvalue weighted by molar-refractivity contribution is 8.00. The zero-order valence-corrected chi connectivity index (χ0v) is 9.96. The minimum absolute atomic E-state index is 0.186. The van der Waals surface area contributed by atoms with Gasteiger partial charge >= 0.3 is 5.97 Å². The maximum absolute atomic E-state index is 11.2. The van der Waals surface area contributed by atoms with Crippen molar-refractivity contribution >= 4 is 23.6 Å². The zero-order chi connectivity index (χ0) is 11.5. The molecule has 4 nitrogen and oxygen atoms in total. The van der Waals surface area contributed by atoms with Gasteiger partial charge in [-0.3, -0.25) is 9.59 Å². The summed E-state index contributed by atoms with van der Waals surface area (Å²) in [6, 6.07) is 0.349. The number of unbranched alkanes of at least 4 members (excludes halogenated alkanes) is 1. The summed E-state index contributed by atoms with van der Waals surface area (Å²) in [4.78, 5) is 21.6. The predicted octanol–water partition coefficient (Wildman–Crippen LogP) is 1.25. The number of carboxylic acid groups (broad SMARTS) is 1. The van der Waals surface area contributed by atoms with Crippen molar-refractivity contribution in [2.45, 2.75) is 43.4 Å². The lowest BCUT2D eigenvalue weighted by molar-refractivity contribution is -0.137. The van der Waals surface area contributed by atoms with Crippen LogP contribution in [0.25, 0.3) is 0 Å². The van der Waals surface area contributed by atoms with E-state index in [4.69, 9.17) is 5.11 Å². The highest BCUT2D eigenvalue weighted by atomic mass is 32.2. The van der Waals surface area contributed by atoms with E-state index in [1.165, 1.54) is 0 Å². The van der Waals surface area contributed by atoms with Gasteiger partial charge in [0.2, 0.25) is 5.91 Å². The first kappa shape index (κ1) is 11.8. The summed E-state index contributed by atoms with van der Waals surface area (Å²) >= 11 is 1.93. The van der Waals surface area contributed by atoms with Gasteiger partial charge in [0.25, 0.3) is 0 Å². The first-order valence-electron chi connectivity index (χ1n) is 5.79. The maximum atomic E-state index is 11.2. The molecule has 2 rings (SSSR count). The molecule has 0 radical (unpaired) electrons. The predicted molar refractivity (Wildman–Crippen MR) is 62.4 cm³/mol. The summed E-state index contributed by atoms with van der Waals surface area (Å²) in [6.45, 7) is 0. The van der Waals surface area contributed by atoms with Crippen LogP contribution in [0.3, 0.4) is 0 Å². The molecule has 3 unspecified atom stereocenters. The molecule has 90 valence electrons. The number of hydrogen-bond acceptors (Lipinski definition) is 3. The fraction of sp³-hybridized carbons (Fsp3) is 0.818. The number of amides is 1. The van der Waals surface area contributed by atoms with Crippen LogP contribution in [0.5, 0.6) is 0 Å². The van der Waals surface area contributed by atoms with Crippen LogP contribution in [-0.2, 0) is 9.59 Å². The minimum atomic E-state index is -0.717. The molecule has 1 amide bonds. The summed E-state index contributed by atoms with van der Waals surface area (Å²) in [5, 5.41) is 12.1. The van der Waals surface area contributed by atoms with Crippen molar-refractivity contribution in [3.63, 3.8) is 0 Å². The molecule has 2 aliphatic rings. The monoisotopic (exact) mass is 243 g/mol. The van der Waals surface area contributed by atoms with Gasteiger partial charge in [-0.05, 0) is 24.5 Å². The Morgan fingerprint density at radius 3 is 3.06 bits per heavy atom. The van der Waals surface area contributed by atoms with Crippen molar-refractivity contribution in [3.8, 4) is 0 Å². The fourth-order valence-electron chi connectivity index (χ4n) is 2.52. The first-order valence-corrected chi connectivity index (χ1v) is 6.84. The van der Waals surface area contributed by atoms with Crippen molar-refractivity contribution in [1.82, 2.24) is 5.32 Å². The van der Waals surface area contributed by atoms with Gasteiger partial charge < -0.3 is 10.4 Å². The molecule has 2 heterocycles. The number of thioether (sulfide) groups is 1. The van der Waals surface area contributed by atoms with Crippen molar-refractivity contribution in [2.75, 3.05) is 5.75 Å². The third kappa shape index (κ3) is 2.70. The van der Waals surface area contributed by atoms with Gasteiger partial charge in [-0.2, -0.15) is 11.8 Å². The average molecular weight is 243 g/mol. The van der Waals surface area contributed by atoms with Crippen LogP contribution in [0.1, 0.15) is 32.1 Å². The van der Waals surface area contributed by atoms with E-state index in [2.05, 4.69) is 5.32 Å². The molecule has 5 heteroatoms. The Labute approximate surface area is 99.2 Å². The van der Waals surface area contributed by atoms with E-state index in [1.54, 1.807) is 0 Å². The van der Waals surface area contributed by atoms with Gasteiger partial charge in [0, 0.05) is 24.1 Å². The molecule has 0 saturated carbocycles. The molecule has 3 atom stereocenters. The SMILES string of the molecule is O=C(O)CCCCC1SCC2CC(=O)NC21. The van der Waals surface area contributed by atoms with Crippen LogP contribution in [0.2, 0.25) is 0 Å². The van der Waals surface area contributed by atoms with Crippen LogP contribution in [0.4, 0.5) is 0 Å². The Bertz CT molecular complexity index is 295. The Kier molecular flexibility index (Phi) is 3.74. The smallest absolute Gasteiger partial charge is 0.303 e. The Hall–Kier alpha value is -0.710. The molecular weight excluding hydrogens is 226 g/mol. The Morgan fingerprint density at radius 2 is 2.31 bits per heavy atom. The summed E-state index contributed by atoms with van der Waals surface area (Å²) in [5.41, 5.74) is 0. The second-order valence-electron chi connectivity index (χ2n) is 4.57. The van der Waals surface area contributed by atoms with Gasteiger partial charge in [0.1, 0.15) is 0 Å². The highest BCUT2D eigenvalue weighted by Crippen LogP contribution is 2.39. The standard InChI is InChI=1S/C11H17NO3S/c13-9-5-7-6-16-8(11(7)12-9)3-1-2-4-10(14)15/h7-8,11H,1-6H2,(H,12,13)(H,14,15). The second-order valence-corrected chi connectivity index (χ2v) is 5.84. The third-order valence-corrected chi connectivity index (χ3v) is 4.91. The molecule has 0 aromatic carbocycles. The summed E-state index contributed by atoms with van der Waals surface area (Å²) in [6.07, 6.45) is 3.67. The molecular formula is C11H17NO3S. The number of carboxylic acids is 1. The van der Waals surface area contributed by atoms with Crippen LogP contribution in [0.15, 0.2) is 0 Å². The zero-order valence-electron chi connectivity index (χ0n) is 9.15. The number of nitrogens with one attached hydrogen (secondary N) is 1. The lowest BCUT2D eigenvalue weighted by Gasteiger charge is -2.17. The Balaban J connectivity index is 1.70. The van der Waals surface area contributed by atoms with E-state index in [-0.39, 0.29) is 12.3 Å². The van der Waals surface area contributed by atoms with Gasteiger partial charge in [0.05, 0.1) is 0 Å². The van der Waals surface area contributed by atoms with E-state index in [9.17, 15) is 9.59 Å². The lowest BCUT2D eigenvalue weighted by atomic mass is 9.97. The van der Waals surface area contributed by atoms with Crippen molar-refractivity contribution in [1.29, 1.82) is 0 Å². The largest absolute Gasteiger partial charge is 0.481 e. The number of rotatable bonds is 5. The molecule has 2 saturated heterocycles. The second kappa shape index (κ2) is 5.08. The van der Waals surface area contributed by atoms with Gasteiger partial charge in [-0.25, -0.2) is 0 Å². The maximum Gasteiger partial charge on any atom is 0.303 e. The molecule has 2 N–H and O–H groups in total. The molecule has 0 aliphatic carbocycles. The summed E-state index contributed by atoms with van der Waals surface area (Å²) in [5.74, 6) is 1.06. The summed E-state index contributed by atoms with van der Waals surface area (Å²) < 4.78 is 0. The molecule has 0 aromatic rings. The van der Waals surface area contributed by atoms with E-state index < -0.39 is 5.97 Å². The topological polar surface area (TPSA) is 66.4 Å². The lowest BCUT2D eigenvalue weighted by Crippen LogP contribution is -2.34. The molecule has 0 spiro atoms. The van der Waals surface area contributed by atoms with Crippen molar-refractivity contribution < 1.29 is 14.7 Å². The highest BCUT2D eigenvalue weighted by Gasteiger charge is 2.42. The van der Waals surface area contributed by atoms with E-state index in [0.29, 0.717) is 23.6 Å². The first-order chi connectivity index (χ1) is 7.66. The molecule has 2 fully saturated rings. The van der Waals surface area contributed by atoms with Gasteiger partial charge in [0.15, 0.2) is 0 Å². The number of aliphatic carboxylic acids is 1. The molecule has 16 heavy (non-hydrogen) atoms. The fourth-order valence-corrected chi connectivity index (χ4v) is 4.17. The van der Waals surface area contributed by atoms with Crippen LogP contribution >= 0.6 is 11.8 Å². The number of fused-ring (bicyclic) bond motifs is 1. The average Bonchev–Trinajstić information content (AvgIpc) is 2.72. The van der Waals surface area contributed by atoms with Crippen LogP contribution in [-0.4, -0.2) is 34.0 Å². The van der Waals surface area contributed by atoms with Crippen LogP contribution in [0, 0.1) is 5.92 Å². The number of carbonyl (C=O) groups is 2. The number of carbonyl (C=O) groups excluding carboxylic acids is 1.